The van der Waals surface area contributed by atoms with Crippen LogP contribution in [0.3, 0.4) is 0 Å². The normalized spacial score (nSPS) is 11.0. The minimum atomic E-state index is -3.94. The molecule has 2 aromatic rings. The van der Waals surface area contributed by atoms with Gasteiger partial charge in [0, 0.05) is 3.57 Å². The highest BCUT2D eigenvalue weighted by atomic mass is 127. The fraction of sp³-hybridized carbons (Fsp3) is 0.125. The zero-order chi connectivity index (χ0) is 18.6. The number of para-hydroxylation sites is 1. The van der Waals surface area contributed by atoms with Gasteiger partial charge in [-0.15, -0.1) is 0 Å². The number of sulfonamides is 1. The minimum absolute atomic E-state index is 0.0358. The number of carbonyl (C=O) groups is 2. The fourth-order valence-corrected chi connectivity index (χ4v) is 3.02. The predicted octanol–water partition coefficient (Wildman–Crippen LogP) is 2.04. The summed E-state index contributed by atoms with van der Waals surface area (Å²) in [7, 11) is -3.94. The van der Waals surface area contributed by atoms with Gasteiger partial charge in [-0.05, 0) is 59.3 Å². The van der Waals surface area contributed by atoms with Crippen LogP contribution in [0, 0.1) is 10.5 Å². The summed E-state index contributed by atoms with van der Waals surface area (Å²) in [5.41, 5.74) is 1.15. The number of hydrogen-bond acceptors (Lipinski definition) is 5. The molecule has 0 aliphatic heterocycles. The second-order valence-electron chi connectivity index (χ2n) is 5.13. The molecule has 9 heteroatoms. The molecule has 0 fully saturated rings. The predicted molar refractivity (Wildman–Crippen MR) is 101 cm³/mol. The number of ether oxygens (including phenoxy) is 1. The van der Waals surface area contributed by atoms with Crippen molar-refractivity contribution in [3.8, 4) is 0 Å². The van der Waals surface area contributed by atoms with Gasteiger partial charge >= 0.3 is 5.97 Å². The molecule has 0 bridgehead atoms. The van der Waals surface area contributed by atoms with Crippen LogP contribution >= 0.6 is 22.6 Å². The van der Waals surface area contributed by atoms with Crippen LogP contribution in [0.25, 0.3) is 0 Å². The van der Waals surface area contributed by atoms with Crippen LogP contribution in [0.1, 0.15) is 15.9 Å². The molecule has 3 N–H and O–H groups in total. The van der Waals surface area contributed by atoms with Crippen LogP contribution in [-0.2, 0) is 19.6 Å². The van der Waals surface area contributed by atoms with Crippen molar-refractivity contribution in [3.63, 3.8) is 0 Å². The lowest BCUT2D eigenvalue weighted by molar-refractivity contribution is -0.119. The molecule has 0 aliphatic carbocycles. The number of halogens is 1. The zero-order valence-corrected chi connectivity index (χ0v) is 16.1. The summed E-state index contributed by atoms with van der Waals surface area (Å²) in [4.78, 5) is 23.8. The van der Waals surface area contributed by atoms with Gasteiger partial charge in [0.05, 0.1) is 16.1 Å². The maximum absolute atomic E-state index is 12.1. The third kappa shape index (κ3) is 5.25. The van der Waals surface area contributed by atoms with E-state index in [0.717, 1.165) is 9.64 Å². The van der Waals surface area contributed by atoms with Gasteiger partial charge in [-0.25, -0.2) is 18.4 Å². The first-order chi connectivity index (χ1) is 11.7. The molecule has 2 rings (SSSR count). The molecule has 0 aliphatic rings. The minimum Gasteiger partial charge on any atom is -0.452 e. The second-order valence-corrected chi connectivity index (χ2v) is 7.85. The van der Waals surface area contributed by atoms with Crippen molar-refractivity contribution < 1.29 is 22.7 Å². The third-order valence-electron chi connectivity index (χ3n) is 3.24. The molecular weight excluding hydrogens is 459 g/mol. The molecule has 0 saturated heterocycles. The maximum Gasteiger partial charge on any atom is 0.338 e. The van der Waals surface area contributed by atoms with Gasteiger partial charge in [0.25, 0.3) is 5.91 Å². The van der Waals surface area contributed by atoms with E-state index in [1.807, 2.05) is 12.1 Å². The number of benzene rings is 2. The first-order valence-electron chi connectivity index (χ1n) is 7.03. The molecule has 0 heterocycles. The van der Waals surface area contributed by atoms with Gasteiger partial charge < -0.3 is 10.1 Å². The SMILES string of the molecule is Cc1ccc(S(N)(=O)=O)cc1C(=O)OCC(=O)Nc1ccccc1I. The van der Waals surface area contributed by atoms with Crippen LogP contribution < -0.4 is 10.5 Å². The molecule has 0 saturated carbocycles. The van der Waals surface area contributed by atoms with Crippen LogP contribution in [0.5, 0.6) is 0 Å². The summed E-state index contributed by atoms with van der Waals surface area (Å²) < 4.78 is 28.6. The zero-order valence-electron chi connectivity index (χ0n) is 13.2. The monoisotopic (exact) mass is 474 g/mol. The Kier molecular flexibility index (Phi) is 6.14. The van der Waals surface area contributed by atoms with E-state index >= 15 is 0 Å². The lowest BCUT2D eigenvalue weighted by Crippen LogP contribution is -2.22. The molecule has 0 spiro atoms. The average molecular weight is 474 g/mol. The highest BCUT2D eigenvalue weighted by Crippen LogP contribution is 2.17. The first kappa shape index (κ1) is 19.3. The Hall–Kier alpha value is -1.98. The van der Waals surface area contributed by atoms with Crippen molar-refractivity contribution in [2.75, 3.05) is 11.9 Å². The van der Waals surface area contributed by atoms with Crippen molar-refractivity contribution >= 4 is 50.2 Å². The van der Waals surface area contributed by atoms with Gasteiger partial charge in [0.15, 0.2) is 6.61 Å². The van der Waals surface area contributed by atoms with Crippen molar-refractivity contribution in [2.45, 2.75) is 11.8 Å². The molecule has 0 unspecified atom stereocenters. The van der Waals surface area contributed by atoms with E-state index in [9.17, 15) is 18.0 Å². The summed E-state index contributed by atoms with van der Waals surface area (Å²) in [6, 6.07) is 11.0. The summed E-state index contributed by atoms with van der Waals surface area (Å²) in [6.07, 6.45) is 0. The Morgan fingerprint density at radius 3 is 2.52 bits per heavy atom. The summed E-state index contributed by atoms with van der Waals surface area (Å²) in [5, 5.41) is 7.68. The number of hydrogen-bond donors (Lipinski definition) is 2. The second kappa shape index (κ2) is 7.93. The number of rotatable bonds is 5. The Morgan fingerprint density at radius 2 is 1.88 bits per heavy atom. The highest BCUT2D eigenvalue weighted by molar-refractivity contribution is 14.1. The lowest BCUT2D eigenvalue weighted by atomic mass is 10.1. The summed E-state index contributed by atoms with van der Waals surface area (Å²) >= 11 is 2.07. The van der Waals surface area contributed by atoms with Gasteiger partial charge in [0.1, 0.15) is 0 Å². The van der Waals surface area contributed by atoms with E-state index in [4.69, 9.17) is 9.88 Å². The Balaban J connectivity index is 2.05. The van der Waals surface area contributed by atoms with Crippen LogP contribution in [0.2, 0.25) is 0 Å². The molecule has 7 nitrogen and oxygen atoms in total. The van der Waals surface area contributed by atoms with E-state index in [-0.39, 0.29) is 10.5 Å². The van der Waals surface area contributed by atoms with E-state index in [1.54, 1.807) is 19.1 Å². The number of amides is 1. The third-order valence-corrected chi connectivity index (χ3v) is 5.09. The number of esters is 1. The molecule has 0 aromatic heterocycles. The molecule has 2 aromatic carbocycles. The van der Waals surface area contributed by atoms with Crippen molar-refractivity contribution in [1.82, 2.24) is 0 Å². The number of anilines is 1. The summed E-state index contributed by atoms with van der Waals surface area (Å²) in [6.45, 7) is 1.12. The molecule has 25 heavy (non-hydrogen) atoms. The van der Waals surface area contributed by atoms with Crippen molar-refractivity contribution in [3.05, 3.63) is 57.2 Å². The van der Waals surface area contributed by atoms with Gasteiger partial charge in [0.2, 0.25) is 10.0 Å². The van der Waals surface area contributed by atoms with Crippen LogP contribution in [0.15, 0.2) is 47.4 Å². The van der Waals surface area contributed by atoms with E-state index in [1.165, 1.54) is 12.1 Å². The molecule has 1 amide bonds. The van der Waals surface area contributed by atoms with E-state index in [0.29, 0.717) is 11.3 Å². The molecule has 0 atom stereocenters. The van der Waals surface area contributed by atoms with Crippen LogP contribution in [-0.4, -0.2) is 26.9 Å². The molecule has 132 valence electrons. The maximum atomic E-state index is 12.1. The van der Waals surface area contributed by atoms with Gasteiger partial charge in [-0.1, -0.05) is 18.2 Å². The molecular formula is C16H15IN2O5S. The Labute approximate surface area is 158 Å². The largest absolute Gasteiger partial charge is 0.452 e. The Bertz CT molecular complexity index is 928. The average Bonchev–Trinajstić information content (AvgIpc) is 2.54. The van der Waals surface area contributed by atoms with E-state index < -0.39 is 28.5 Å². The Morgan fingerprint density at radius 1 is 1.20 bits per heavy atom. The smallest absolute Gasteiger partial charge is 0.338 e. The lowest BCUT2D eigenvalue weighted by Gasteiger charge is -2.10. The van der Waals surface area contributed by atoms with Crippen LogP contribution in [0.4, 0.5) is 5.69 Å². The fourth-order valence-electron chi connectivity index (χ4n) is 1.96. The number of nitrogens with one attached hydrogen (secondary N) is 1. The van der Waals surface area contributed by atoms with Crippen molar-refractivity contribution in [2.24, 2.45) is 5.14 Å². The van der Waals surface area contributed by atoms with Crippen molar-refractivity contribution in [1.29, 1.82) is 0 Å². The quantitative estimate of drug-likeness (QED) is 0.509. The standard InChI is InChI=1S/C16H15IN2O5S/c1-10-6-7-11(25(18,22)23)8-12(10)16(21)24-9-15(20)19-14-5-3-2-4-13(14)17/h2-8H,9H2,1H3,(H,19,20)(H2,18,22,23). The number of aryl methyl sites for hydroxylation is 1. The first-order valence-corrected chi connectivity index (χ1v) is 9.66. The van der Waals surface area contributed by atoms with E-state index in [2.05, 4.69) is 27.9 Å². The van der Waals surface area contributed by atoms with Gasteiger partial charge in [-0.3, -0.25) is 4.79 Å². The number of nitrogens with two attached hydrogens (primary N) is 1. The molecule has 0 radical (unpaired) electrons. The topological polar surface area (TPSA) is 116 Å². The summed E-state index contributed by atoms with van der Waals surface area (Å²) in [5.74, 6) is -1.31. The van der Waals surface area contributed by atoms with Gasteiger partial charge in [-0.2, -0.15) is 0 Å². The number of carbonyl (C=O) groups excluding carboxylic acids is 2. The number of primary sulfonamides is 1. The highest BCUT2D eigenvalue weighted by Gasteiger charge is 2.17.